The number of nitrogens with zero attached hydrogens (tertiary/aromatic N) is 15. The average Bonchev–Trinajstić information content (AvgIpc) is 3.30. The fourth-order valence-electron chi connectivity index (χ4n) is 5.87. The highest BCUT2D eigenvalue weighted by molar-refractivity contribution is 5.62. The Labute approximate surface area is 375 Å². The summed E-state index contributed by atoms with van der Waals surface area (Å²) in [4.78, 5) is 65.6. The van der Waals surface area contributed by atoms with Gasteiger partial charge in [0.25, 0.3) is 0 Å². The van der Waals surface area contributed by atoms with Crippen molar-refractivity contribution in [1.29, 1.82) is 0 Å². The SMILES string of the molecule is CCCCN(c1nc(NCCC)nc(NCCC)n1)c1nc(N(CCCC)c2nc(NCCC)nc(NCCC)n2)nc(N(CCCC)c2nc(NCCC)nc(NCCC)n2)n1. The summed E-state index contributed by atoms with van der Waals surface area (Å²) in [7, 11) is 0. The van der Waals surface area contributed by atoms with Crippen molar-refractivity contribution in [1.82, 2.24) is 59.8 Å². The van der Waals surface area contributed by atoms with E-state index in [0.717, 1.165) is 77.0 Å². The summed E-state index contributed by atoms with van der Waals surface area (Å²) in [5.74, 6) is 5.12. The molecule has 4 aromatic rings. The molecule has 0 amide bonds. The molecule has 4 rings (SSSR count). The van der Waals surface area contributed by atoms with Crippen molar-refractivity contribution in [2.24, 2.45) is 0 Å². The number of anilines is 12. The largest absolute Gasteiger partial charge is 0.354 e. The van der Waals surface area contributed by atoms with Crippen molar-refractivity contribution in [3.8, 4) is 0 Å². The van der Waals surface area contributed by atoms with E-state index in [4.69, 9.17) is 59.8 Å². The van der Waals surface area contributed by atoms with Gasteiger partial charge in [0, 0.05) is 58.9 Å². The topological polar surface area (TPSA) is 237 Å². The molecule has 0 unspecified atom stereocenters. The summed E-state index contributed by atoms with van der Waals surface area (Å²) in [5.41, 5.74) is 0. The van der Waals surface area contributed by atoms with E-state index in [0.29, 0.717) is 130 Å². The summed E-state index contributed by atoms with van der Waals surface area (Å²) >= 11 is 0. The summed E-state index contributed by atoms with van der Waals surface area (Å²) in [6.45, 7) is 24.9. The van der Waals surface area contributed by atoms with Gasteiger partial charge in [-0.3, -0.25) is 14.7 Å². The molecule has 0 fully saturated rings. The highest BCUT2D eigenvalue weighted by Crippen LogP contribution is 2.31. The molecule has 0 bridgehead atoms. The smallest absolute Gasteiger partial charge is 0.238 e. The van der Waals surface area contributed by atoms with E-state index in [1.807, 2.05) is 14.7 Å². The lowest BCUT2D eigenvalue weighted by Gasteiger charge is -2.28. The van der Waals surface area contributed by atoms with Crippen molar-refractivity contribution in [3.63, 3.8) is 0 Å². The van der Waals surface area contributed by atoms with Gasteiger partial charge in [0.2, 0.25) is 71.4 Å². The quantitative estimate of drug-likeness (QED) is 0.0265. The molecule has 0 radical (unpaired) electrons. The summed E-state index contributed by atoms with van der Waals surface area (Å²) in [5, 5.41) is 20.2. The first-order chi connectivity index (χ1) is 30.8. The second-order valence-electron chi connectivity index (χ2n) is 15.2. The first kappa shape index (κ1) is 49.9. The molecular formula is C42H75N21. The molecule has 21 nitrogen and oxygen atoms in total. The lowest BCUT2D eigenvalue weighted by atomic mass is 10.3. The minimum atomic E-state index is 0.353. The van der Waals surface area contributed by atoms with E-state index in [9.17, 15) is 0 Å². The molecule has 0 saturated heterocycles. The molecule has 6 N–H and O–H groups in total. The number of hydrogen-bond acceptors (Lipinski definition) is 21. The molecule has 4 heterocycles. The van der Waals surface area contributed by atoms with Crippen LogP contribution in [0.4, 0.5) is 71.4 Å². The Morgan fingerprint density at radius 2 is 0.444 bits per heavy atom. The van der Waals surface area contributed by atoms with Crippen molar-refractivity contribution in [2.45, 2.75) is 139 Å². The maximum atomic E-state index is 5.28. The third kappa shape index (κ3) is 15.8. The lowest BCUT2D eigenvalue weighted by Crippen LogP contribution is -2.31. The first-order valence-electron chi connectivity index (χ1n) is 23.6. The minimum absolute atomic E-state index is 0.353. The van der Waals surface area contributed by atoms with Crippen LogP contribution in [0, 0.1) is 0 Å². The van der Waals surface area contributed by atoms with Gasteiger partial charge in [-0.2, -0.15) is 59.8 Å². The van der Waals surface area contributed by atoms with Crippen LogP contribution >= 0.6 is 0 Å². The standard InChI is InChI=1S/C42H75N21/c1-10-19-28-61(37-52-31(43-22-13-4)49-32(53-37)44-23-14-5)40-58-41(62(29-20-11-2)38-54-33(45-24-15-6)50-34(55-38)46-25-16-7)60-42(59-40)63(30-21-12-3)39-56-35(47-26-17-8)51-36(57-39)48-27-18-9/h10-30H2,1-9H3,(H2,43,44,49,52,53)(H2,45,46,50,54,55)(H2,47,48,51,56,57). The van der Waals surface area contributed by atoms with Crippen LogP contribution in [0.25, 0.3) is 0 Å². The molecule has 4 aromatic heterocycles. The van der Waals surface area contributed by atoms with Crippen molar-refractivity contribution in [2.75, 3.05) is 106 Å². The van der Waals surface area contributed by atoms with Gasteiger partial charge in [-0.25, -0.2) is 0 Å². The van der Waals surface area contributed by atoms with E-state index in [-0.39, 0.29) is 0 Å². The van der Waals surface area contributed by atoms with Gasteiger partial charge in [0.05, 0.1) is 0 Å². The Morgan fingerprint density at radius 3 is 0.619 bits per heavy atom. The van der Waals surface area contributed by atoms with Gasteiger partial charge in [-0.05, 0) is 57.8 Å². The van der Waals surface area contributed by atoms with Crippen LogP contribution in [0.1, 0.15) is 139 Å². The zero-order valence-electron chi connectivity index (χ0n) is 39.6. The normalized spacial score (nSPS) is 11.0. The monoisotopic (exact) mass is 874 g/mol. The van der Waals surface area contributed by atoms with E-state index in [1.165, 1.54) is 0 Å². The minimum Gasteiger partial charge on any atom is -0.354 e. The molecule has 21 heteroatoms. The third-order valence-electron chi connectivity index (χ3n) is 9.32. The molecule has 0 aliphatic rings. The van der Waals surface area contributed by atoms with Gasteiger partial charge in [-0.15, -0.1) is 0 Å². The molecule has 0 aliphatic carbocycles. The highest BCUT2D eigenvalue weighted by atomic mass is 15.5. The van der Waals surface area contributed by atoms with Crippen LogP contribution in [-0.4, -0.2) is 119 Å². The Kier molecular flexibility index (Phi) is 22.2. The van der Waals surface area contributed by atoms with E-state index >= 15 is 0 Å². The van der Waals surface area contributed by atoms with Gasteiger partial charge in [-0.1, -0.05) is 81.6 Å². The Bertz CT molecular complexity index is 1590. The summed E-state index contributed by atoms with van der Waals surface area (Å²) in [6.07, 6.45) is 10.6. The maximum Gasteiger partial charge on any atom is 0.238 e. The molecule has 0 aromatic carbocycles. The number of rotatable bonds is 33. The van der Waals surface area contributed by atoms with Gasteiger partial charge < -0.3 is 31.9 Å². The Morgan fingerprint density at radius 1 is 0.254 bits per heavy atom. The number of aromatic nitrogens is 12. The zero-order chi connectivity index (χ0) is 45.2. The van der Waals surface area contributed by atoms with Crippen LogP contribution < -0.4 is 46.6 Å². The fourth-order valence-corrected chi connectivity index (χ4v) is 5.87. The van der Waals surface area contributed by atoms with E-state index in [1.54, 1.807) is 0 Å². The Balaban J connectivity index is 2.08. The fraction of sp³-hybridized carbons (Fsp3) is 0.714. The van der Waals surface area contributed by atoms with Gasteiger partial charge in [0.15, 0.2) is 0 Å². The average molecular weight is 874 g/mol. The zero-order valence-corrected chi connectivity index (χ0v) is 39.6. The summed E-state index contributed by atoms with van der Waals surface area (Å²) < 4.78 is 0. The van der Waals surface area contributed by atoms with Gasteiger partial charge >= 0.3 is 0 Å². The van der Waals surface area contributed by atoms with Crippen LogP contribution in [0.2, 0.25) is 0 Å². The Hall–Kier alpha value is -5.76. The number of nitrogens with one attached hydrogen (secondary N) is 6. The van der Waals surface area contributed by atoms with Crippen LogP contribution in [0.15, 0.2) is 0 Å². The second kappa shape index (κ2) is 28.0. The molecular weight excluding hydrogens is 799 g/mol. The van der Waals surface area contributed by atoms with Crippen molar-refractivity contribution < 1.29 is 0 Å². The van der Waals surface area contributed by atoms with E-state index in [2.05, 4.69) is 94.2 Å². The number of unbranched alkanes of at least 4 members (excludes halogenated alkanes) is 3. The molecule has 0 spiro atoms. The second-order valence-corrected chi connectivity index (χ2v) is 15.2. The predicted octanol–water partition coefficient (Wildman–Crippen LogP) is 8.17. The van der Waals surface area contributed by atoms with Crippen LogP contribution in [-0.2, 0) is 0 Å². The predicted molar refractivity (Wildman–Crippen MR) is 258 cm³/mol. The molecule has 348 valence electrons. The maximum absolute atomic E-state index is 5.28. The molecule has 0 saturated carbocycles. The summed E-state index contributed by atoms with van der Waals surface area (Å²) in [6, 6.07) is 0. The first-order valence-corrected chi connectivity index (χ1v) is 23.6. The molecule has 63 heavy (non-hydrogen) atoms. The van der Waals surface area contributed by atoms with Crippen molar-refractivity contribution >= 4 is 71.4 Å². The molecule has 0 aliphatic heterocycles. The van der Waals surface area contributed by atoms with Gasteiger partial charge in [0.1, 0.15) is 0 Å². The highest BCUT2D eigenvalue weighted by Gasteiger charge is 2.28. The third-order valence-corrected chi connectivity index (χ3v) is 9.32. The lowest BCUT2D eigenvalue weighted by molar-refractivity contribution is 0.718. The van der Waals surface area contributed by atoms with Crippen molar-refractivity contribution in [3.05, 3.63) is 0 Å². The van der Waals surface area contributed by atoms with Crippen LogP contribution in [0.3, 0.4) is 0 Å². The van der Waals surface area contributed by atoms with E-state index < -0.39 is 0 Å². The number of hydrogen-bond donors (Lipinski definition) is 6. The molecule has 0 atom stereocenters. The van der Waals surface area contributed by atoms with Crippen LogP contribution in [0.5, 0.6) is 0 Å².